The first-order valence-corrected chi connectivity index (χ1v) is 17.6. The van der Waals surface area contributed by atoms with Crippen molar-refractivity contribution in [3.63, 3.8) is 0 Å². The molecule has 2 aromatic carbocycles. The molecule has 0 aromatic heterocycles. The molecule has 0 aliphatic heterocycles. The highest BCUT2D eigenvalue weighted by molar-refractivity contribution is 5.75. The highest BCUT2D eigenvalue weighted by atomic mass is 16.5. The smallest absolute Gasteiger partial charge is 0.313 e. The average Bonchev–Trinajstić information content (AvgIpc) is 3.01. The number of phenolic OH excluding ortho intramolecular Hbond substituents is 2. The Morgan fingerprint density at radius 3 is 2.20 bits per heavy atom. The Balaban J connectivity index is 1.77. The van der Waals surface area contributed by atoms with E-state index in [1.54, 1.807) is 42.5 Å². The lowest BCUT2D eigenvalue weighted by Crippen LogP contribution is -2.23. The van der Waals surface area contributed by atoms with Gasteiger partial charge in [-0.15, -0.1) is 0 Å². The van der Waals surface area contributed by atoms with E-state index in [-0.39, 0.29) is 41.6 Å². The number of aliphatic hydroxyl groups excluding tert-OH is 2. The van der Waals surface area contributed by atoms with E-state index in [0.29, 0.717) is 29.7 Å². The van der Waals surface area contributed by atoms with E-state index in [1.165, 1.54) is 17.7 Å². The largest absolute Gasteiger partial charge is 0.508 e. The van der Waals surface area contributed by atoms with Crippen LogP contribution in [0, 0.1) is 23.2 Å². The number of aromatic hydroxyl groups is 2. The Morgan fingerprint density at radius 1 is 0.898 bits per heavy atom. The van der Waals surface area contributed by atoms with E-state index in [1.807, 2.05) is 0 Å². The molecule has 0 bridgehead atoms. The molecule has 2 aromatic rings. The predicted molar refractivity (Wildman–Crippen MR) is 200 cm³/mol. The SMILES string of the molecule is C=C(O[C@H](C)C[C@@H](C)/C=C(C)/C=C\[C@H](C)[C@@H](C)CC[C@@H](O)C[C@@H](O)CC(=O)Oc1cc(O)cc(/C=C/c2ccc(O)cc2)c1)C(C)(C)CC. The number of hydrogen-bond acceptors (Lipinski definition) is 7. The van der Waals surface area contributed by atoms with Crippen LogP contribution in [0.5, 0.6) is 17.2 Å². The Bertz CT molecular complexity index is 1420. The maximum Gasteiger partial charge on any atom is 0.313 e. The van der Waals surface area contributed by atoms with Crippen LogP contribution >= 0.6 is 0 Å². The fourth-order valence-electron chi connectivity index (χ4n) is 5.37. The van der Waals surface area contributed by atoms with Gasteiger partial charge >= 0.3 is 5.97 Å². The second kappa shape index (κ2) is 20.0. The molecular weight excluding hydrogens is 616 g/mol. The number of carbonyl (C=O) groups excluding carboxylic acids is 1. The fourth-order valence-corrected chi connectivity index (χ4v) is 5.37. The third-order valence-corrected chi connectivity index (χ3v) is 9.20. The van der Waals surface area contributed by atoms with Crippen molar-refractivity contribution in [1.29, 1.82) is 0 Å². The molecule has 0 fully saturated rings. The van der Waals surface area contributed by atoms with Crippen LogP contribution in [0.25, 0.3) is 12.2 Å². The van der Waals surface area contributed by atoms with Crippen molar-refractivity contribution >= 4 is 18.1 Å². The standard InChI is InChI=1S/C42H60O7/c1-10-42(8,9)33(7)48-32(6)22-29(3)21-28(2)11-12-30(4)31(5)13-18-37(44)25-39(46)27-41(47)49-40-24-35(23-38(45)26-40)15-14-34-16-19-36(43)20-17-34/h11-12,14-17,19-21,23-24,26,29-32,37,39,43-46H,7,10,13,18,22,25,27H2,1-6,8-9H3/b12-11-,15-14+,28-21+/t29-,30-,31-,32+,37+,39+/m0/s1. The van der Waals surface area contributed by atoms with Crippen molar-refractivity contribution in [2.24, 2.45) is 23.2 Å². The number of ether oxygens (including phenoxy) is 2. The number of carbonyl (C=O) groups is 1. The normalized spacial score (nSPS) is 16.2. The number of rotatable bonds is 20. The molecule has 0 unspecified atom stereocenters. The number of allylic oxidation sites excluding steroid dienone is 5. The molecule has 0 radical (unpaired) electrons. The van der Waals surface area contributed by atoms with Crippen LogP contribution < -0.4 is 4.74 Å². The molecule has 0 aliphatic carbocycles. The third-order valence-electron chi connectivity index (χ3n) is 9.20. The van der Waals surface area contributed by atoms with E-state index in [9.17, 15) is 25.2 Å². The van der Waals surface area contributed by atoms with E-state index in [0.717, 1.165) is 30.6 Å². The van der Waals surface area contributed by atoms with E-state index >= 15 is 0 Å². The molecule has 4 N–H and O–H groups in total. The van der Waals surface area contributed by atoms with Gasteiger partial charge in [-0.25, -0.2) is 0 Å². The highest BCUT2D eigenvalue weighted by Crippen LogP contribution is 2.31. The summed E-state index contributed by atoms with van der Waals surface area (Å²) in [6.07, 6.45) is 11.5. The van der Waals surface area contributed by atoms with Gasteiger partial charge in [-0.05, 0) is 99.1 Å². The van der Waals surface area contributed by atoms with Crippen LogP contribution in [-0.4, -0.2) is 44.7 Å². The molecule has 0 amide bonds. The van der Waals surface area contributed by atoms with Gasteiger partial charge in [0, 0.05) is 11.5 Å². The first-order chi connectivity index (χ1) is 23.0. The lowest BCUT2D eigenvalue weighted by atomic mass is 9.88. The monoisotopic (exact) mass is 676 g/mol. The summed E-state index contributed by atoms with van der Waals surface area (Å²) in [5, 5.41) is 40.6. The van der Waals surface area contributed by atoms with E-state index in [2.05, 4.69) is 80.2 Å². The minimum absolute atomic E-state index is 0.0286. The van der Waals surface area contributed by atoms with Gasteiger partial charge in [0.05, 0.1) is 30.5 Å². The summed E-state index contributed by atoms with van der Waals surface area (Å²) in [4.78, 5) is 12.5. The topological polar surface area (TPSA) is 116 Å². The Hall–Kier alpha value is -3.81. The van der Waals surface area contributed by atoms with Gasteiger partial charge in [-0.3, -0.25) is 4.79 Å². The van der Waals surface area contributed by atoms with Crippen LogP contribution in [0.3, 0.4) is 0 Å². The highest BCUT2D eigenvalue weighted by Gasteiger charge is 2.23. The minimum Gasteiger partial charge on any atom is -0.508 e. The minimum atomic E-state index is -1.06. The summed E-state index contributed by atoms with van der Waals surface area (Å²) >= 11 is 0. The van der Waals surface area contributed by atoms with Crippen LogP contribution in [0.2, 0.25) is 0 Å². The molecule has 0 aliphatic rings. The zero-order chi connectivity index (χ0) is 36.7. The van der Waals surface area contributed by atoms with Crippen molar-refractivity contribution in [3.8, 4) is 17.2 Å². The van der Waals surface area contributed by atoms with Gasteiger partial charge in [-0.1, -0.05) is 96.2 Å². The van der Waals surface area contributed by atoms with Crippen molar-refractivity contribution in [3.05, 3.63) is 89.7 Å². The molecule has 270 valence electrons. The second-order valence-electron chi connectivity index (χ2n) is 14.4. The summed E-state index contributed by atoms with van der Waals surface area (Å²) in [5.74, 6) is 1.43. The molecule has 0 saturated heterocycles. The van der Waals surface area contributed by atoms with Crippen LogP contribution in [-0.2, 0) is 9.53 Å². The number of benzene rings is 2. The summed E-state index contributed by atoms with van der Waals surface area (Å²) in [7, 11) is 0. The number of esters is 1. The van der Waals surface area contributed by atoms with Gasteiger partial charge in [0.15, 0.2) is 0 Å². The first kappa shape index (κ1) is 41.4. The van der Waals surface area contributed by atoms with Crippen molar-refractivity contribution < 1.29 is 34.7 Å². The molecular formula is C42H60O7. The second-order valence-corrected chi connectivity index (χ2v) is 14.4. The van der Waals surface area contributed by atoms with Crippen LogP contribution in [0.1, 0.15) is 105 Å². The maximum atomic E-state index is 12.5. The van der Waals surface area contributed by atoms with Crippen molar-refractivity contribution in [2.45, 2.75) is 112 Å². The van der Waals surface area contributed by atoms with Crippen molar-refractivity contribution in [2.75, 3.05) is 0 Å². The zero-order valence-electron chi connectivity index (χ0n) is 30.9. The Morgan fingerprint density at radius 2 is 1.55 bits per heavy atom. The zero-order valence-corrected chi connectivity index (χ0v) is 30.9. The molecule has 2 rings (SSSR count). The molecule has 6 atom stereocenters. The van der Waals surface area contributed by atoms with Crippen LogP contribution in [0.15, 0.2) is 78.6 Å². The first-order valence-electron chi connectivity index (χ1n) is 17.6. The third kappa shape index (κ3) is 16.0. The number of phenols is 2. The van der Waals surface area contributed by atoms with E-state index in [4.69, 9.17) is 9.47 Å². The Labute approximate surface area is 294 Å². The summed E-state index contributed by atoms with van der Waals surface area (Å²) in [6, 6.07) is 11.1. The number of hydrogen-bond donors (Lipinski definition) is 4. The average molecular weight is 677 g/mol. The molecule has 0 heterocycles. The molecule has 0 saturated carbocycles. The van der Waals surface area contributed by atoms with Gasteiger partial charge < -0.3 is 29.9 Å². The molecule has 7 heteroatoms. The lowest BCUT2D eigenvalue weighted by Gasteiger charge is -2.29. The van der Waals surface area contributed by atoms with Crippen LogP contribution in [0.4, 0.5) is 0 Å². The fraction of sp³-hybridized carbons (Fsp3) is 0.500. The van der Waals surface area contributed by atoms with E-state index < -0.39 is 18.2 Å². The quantitative estimate of drug-likeness (QED) is 0.0363. The lowest BCUT2D eigenvalue weighted by molar-refractivity contribution is -0.136. The number of aliphatic hydroxyl groups is 2. The molecule has 49 heavy (non-hydrogen) atoms. The van der Waals surface area contributed by atoms with Gasteiger partial charge in [-0.2, -0.15) is 0 Å². The Kier molecular flexibility index (Phi) is 16.9. The van der Waals surface area contributed by atoms with Gasteiger partial charge in [0.2, 0.25) is 0 Å². The summed E-state index contributed by atoms with van der Waals surface area (Å²) in [5.41, 5.74) is 2.63. The summed E-state index contributed by atoms with van der Waals surface area (Å²) < 4.78 is 11.5. The maximum absolute atomic E-state index is 12.5. The van der Waals surface area contributed by atoms with Gasteiger partial charge in [0.1, 0.15) is 17.2 Å². The van der Waals surface area contributed by atoms with Gasteiger partial charge in [0.25, 0.3) is 0 Å². The predicted octanol–water partition coefficient (Wildman–Crippen LogP) is 9.61. The van der Waals surface area contributed by atoms with Crippen molar-refractivity contribution in [1.82, 2.24) is 0 Å². The molecule has 7 nitrogen and oxygen atoms in total. The molecule has 0 spiro atoms. The summed E-state index contributed by atoms with van der Waals surface area (Å²) in [6.45, 7) is 21.3.